The molecule has 19 heavy (non-hydrogen) atoms. The summed E-state index contributed by atoms with van der Waals surface area (Å²) in [5, 5.41) is 2.68. The highest BCUT2D eigenvalue weighted by molar-refractivity contribution is 14.1. The number of piperidine rings is 1. The molecular weight excluding hydrogens is 355 g/mol. The highest BCUT2D eigenvalue weighted by Gasteiger charge is 2.17. The topological polar surface area (TPSA) is 49.4 Å². The molecule has 1 aromatic carbocycles. The minimum absolute atomic E-state index is 0.0126. The summed E-state index contributed by atoms with van der Waals surface area (Å²) < 4.78 is 1.08. The zero-order chi connectivity index (χ0) is 13.7. The normalized spacial score (nSPS) is 15.1. The maximum Gasteiger partial charge on any atom is 0.251 e. The summed E-state index contributed by atoms with van der Waals surface area (Å²) in [5.41, 5.74) is 0.590. The number of carbonyl (C=O) groups excluding carboxylic acids is 2. The van der Waals surface area contributed by atoms with Gasteiger partial charge in [0.1, 0.15) is 0 Å². The van der Waals surface area contributed by atoms with Crippen LogP contribution < -0.4 is 5.32 Å². The molecule has 0 radical (unpaired) electrons. The molecule has 1 fully saturated rings. The van der Waals surface area contributed by atoms with Gasteiger partial charge in [-0.2, -0.15) is 0 Å². The number of rotatable bonds is 3. The summed E-state index contributed by atoms with van der Waals surface area (Å²) >= 11 is 2.19. The summed E-state index contributed by atoms with van der Waals surface area (Å²) in [4.78, 5) is 25.6. The van der Waals surface area contributed by atoms with Crippen molar-refractivity contribution in [3.63, 3.8) is 0 Å². The highest BCUT2D eigenvalue weighted by atomic mass is 127. The van der Waals surface area contributed by atoms with Crippen molar-refractivity contribution in [3.8, 4) is 0 Å². The van der Waals surface area contributed by atoms with Crippen LogP contribution in [0.4, 0.5) is 0 Å². The summed E-state index contributed by atoms with van der Waals surface area (Å²) in [6.45, 7) is 1.72. The number of nitrogens with zero attached hydrogens (tertiary/aromatic N) is 1. The van der Waals surface area contributed by atoms with Gasteiger partial charge in [0.05, 0.1) is 6.54 Å². The Kier molecular flexibility index (Phi) is 5.18. The van der Waals surface area contributed by atoms with E-state index < -0.39 is 0 Å². The maximum absolute atomic E-state index is 11.9. The fourth-order valence-corrected chi connectivity index (χ4v) is 2.47. The lowest BCUT2D eigenvalue weighted by molar-refractivity contribution is -0.130. The largest absolute Gasteiger partial charge is 0.343 e. The van der Waals surface area contributed by atoms with Crippen LogP contribution in [-0.2, 0) is 4.79 Å². The van der Waals surface area contributed by atoms with Crippen molar-refractivity contribution in [2.75, 3.05) is 19.6 Å². The minimum Gasteiger partial charge on any atom is -0.343 e. The van der Waals surface area contributed by atoms with Crippen molar-refractivity contribution >= 4 is 34.4 Å². The number of likely N-dealkylation sites (tertiary alicyclic amines) is 1. The first kappa shape index (κ1) is 14.3. The molecular formula is C14H17IN2O2. The number of hydrogen-bond donors (Lipinski definition) is 1. The molecule has 1 N–H and O–H groups in total. The molecule has 1 aliphatic rings. The molecule has 0 bridgehead atoms. The molecule has 0 unspecified atom stereocenters. The van der Waals surface area contributed by atoms with Gasteiger partial charge in [-0.05, 0) is 66.1 Å². The van der Waals surface area contributed by atoms with Crippen molar-refractivity contribution in [2.24, 2.45) is 0 Å². The lowest BCUT2D eigenvalue weighted by atomic mass is 10.1. The standard InChI is InChI=1S/C14H17IN2O2/c15-12-6-4-11(5-7-12)14(19)16-10-13(18)17-8-2-1-3-9-17/h4-7H,1-3,8-10H2,(H,16,19). The Balaban J connectivity index is 1.82. The second-order valence-electron chi connectivity index (χ2n) is 4.63. The van der Waals surface area contributed by atoms with Gasteiger partial charge in [0.2, 0.25) is 5.91 Å². The Morgan fingerprint density at radius 2 is 1.74 bits per heavy atom. The number of benzene rings is 1. The molecule has 4 nitrogen and oxygen atoms in total. The van der Waals surface area contributed by atoms with Crippen molar-refractivity contribution in [3.05, 3.63) is 33.4 Å². The van der Waals surface area contributed by atoms with Crippen LogP contribution in [0.3, 0.4) is 0 Å². The van der Waals surface area contributed by atoms with Crippen LogP contribution in [0.25, 0.3) is 0 Å². The summed E-state index contributed by atoms with van der Waals surface area (Å²) in [5.74, 6) is -0.180. The molecule has 2 amide bonds. The molecule has 2 rings (SSSR count). The molecule has 0 aromatic heterocycles. The van der Waals surface area contributed by atoms with E-state index >= 15 is 0 Å². The van der Waals surface area contributed by atoms with E-state index in [9.17, 15) is 9.59 Å². The van der Waals surface area contributed by atoms with E-state index in [0.29, 0.717) is 5.56 Å². The molecule has 0 saturated carbocycles. The van der Waals surface area contributed by atoms with Crippen LogP contribution in [0.2, 0.25) is 0 Å². The monoisotopic (exact) mass is 372 g/mol. The van der Waals surface area contributed by atoms with E-state index in [0.717, 1.165) is 29.5 Å². The molecule has 0 aliphatic carbocycles. The Labute approximate surface area is 126 Å². The van der Waals surface area contributed by atoms with E-state index in [4.69, 9.17) is 0 Å². The predicted octanol–water partition coefficient (Wildman–Crippen LogP) is 2.03. The first-order valence-electron chi connectivity index (χ1n) is 6.48. The van der Waals surface area contributed by atoms with Gasteiger partial charge >= 0.3 is 0 Å². The Bertz CT molecular complexity index is 453. The zero-order valence-electron chi connectivity index (χ0n) is 10.7. The van der Waals surface area contributed by atoms with E-state index in [1.54, 1.807) is 12.1 Å². The minimum atomic E-state index is -0.193. The third-order valence-electron chi connectivity index (χ3n) is 3.22. The Morgan fingerprint density at radius 1 is 1.11 bits per heavy atom. The molecule has 1 heterocycles. The lowest BCUT2D eigenvalue weighted by Gasteiger charge is -2.26. The van der Waals surface area contributed by atoms with E-state index in [1.165, 1.54) is 6.42 Å². The molecule has 1 saturated heterocycles. The van der Waals surface area contributed by atoms with Gasteiger partial charge in [-0.15, -0.1) is 0 Å². The Hall–Kier alpha value is -1.11. The van der Waals surface area contributed by atoms with Gasteiger partial charge in [-0.1, -0.05) is 0 Å². The van der Waals surface area contributed by atoms with Gasteiger partial charge in [0.15, 0.2) is 0 Å². The fraction of sp³-hybridized carbons (Fsp3) is 0.429. The summed E-state index contributed by atoms with van der Waals surface area (Å²) in [7, 11) is 0. The molecule has 0 atom stereocenters. The summed E-state index contributed by atoms with van der Waals surface area (Å²) in [6, 6.07) is 7.29. The van der Waals surface area contributed by atoms with Crippen molar-refractivity contribution in [1.82, 2.24) is 10.2 Å². The smallest absolute Gasteiger partial charge is 0.251 e. The number of halogens is 1. The van der Waals surface area contributed by atoms with Gasteiger partial charge in [0.25, 0.3) is 5.91 Å². The van der Waals surface area contributed by atoms with Crippen LogP contribution in [0.1, 0.15) is 29.6 Å². The number of carbonyl (C=O) groups is 2. The fourth-order valence-electron chi connectivity index (χ4n) is 2.11. The van der Waals surface area contributed by atoms with Crippen LogP contribution >= 0.6 is 22.6 Å². The van der Waals surface area contributed by atoms with Crippen molar-refractivity contribution in [2.45, 2.75) is 19.3 Å². The Morgan fingerprint density at radius 3 is 2.37 bits per heavy atom. The molecule has 5 heteroatoms. The zero-order valence-corrected chi connectivity index (χ0v) is 12.9. The van der Waals surface area contributed by atoms with E-state index in [-0.39, 0.29) is 18.4 Å². The van der Waals surface area contributed by atoms with Gasteiger partial charge in [0, 0.05) is 22.2 Å². The quantitative estimate of drug-likeness (QED) is 0.826. The van der Waals surface area contributed by atoms with Gasteiger partial charge in [-0.25, -0.2) is 0 Å². The lowest BCUT2D eigenvalue weighted by Crippen LogP contribution is -2.42. The van der Waals surface area contributed by atoms with Crippen LogP contribution in [-0.4, -0.2) is 36.3 Å². The molecule has 1 aromatic rings. The average molecular weight is 372 g/mol. The van der Waals surface area contributed by atoms with Crippen molar-refractivity contribution < 1.29 is 9.59 Å². The maximum atomic E-state index is 11.9. The summed E-state index contributed by atoms with van der Waals surface area (Å²) in [6.07, 6.45) is 3.33. The van der Waals surface area contributed by atoms with Crippen LogP contribution in [0, 0.1) is 3.57 Å². The van der Waals surface area contributed by atoms with Gasteiger partial charge < -0.3 is 10.2 Å². The molecule has 102 valence electrons. The SMILES string of the molecule is O=C(NCC(=O)N1CCCCC1)c1ccc(I)cc1. The van der Waals surface area contributed by atoms with Crippen LogP contribution in [0.15, 0.2) is 24.3 Å². The number of hydrogen-bond acceptors (Lipinski definition) is 2. The van der Waals surface area contributed by atoms with E-state index in [2.05, 4.69) is 27.9 Å². The average Bonchev–Trinajstić information content (AvgIpc) is 2.46. The van der Waals surface area contributed by atoms with Crippen molar-refractivity contribution in [1.29, 1.82) is 0 Å². The number of amides is 2. The highest BCUT2D eigenvalue weighted by Crippen LogP contribution is 2.09. The third-order valence-corrected chi connectivity index (χ3v) is 3.93. The first-order chi connectivity index (χ1) is 9.16. The second kappa shape index (κ2) is 6.88. The first-order valence-corrected chi connectivity index (χ1v) is 7.56. The number of nitrogens with one attached hydrogen (secondary N) is 1. The predicted molar refractivity (Wildman–Crippen MR) is 81.9 cm³/mol. The molecule has 1 aliphatic heterocycles. The third kappa shape index (κ3) is 4.19. The molecule has 0 spiro atoms. The second-order valence-corrected chi connectivity index (χ2v) is 5.88. The van der Waals surface area contributed by atoms with Gasteiger partial charge in [-0.3, -0.25) is 9.59 Å². The van der Waals surface area contributed by atoms with Crippen LogP contribution in [0.5, 0.6) is 0 Å². The van der Waals surface area contributed by atoms with E-state index in [1.807, 2.05) is 17.0 Å².